The second-order valence-corrected chi connectivity index (χ2v) is 5.37. The van der Waals surface area contributed by atoms with Gasteiger partial charge >= 0.3 is 5.97 Å². The fraction of sp³-hybridized carbons (Fsp3) is 0.118. The molecule has 23 heavy (non-hydrogen) atoms. The second kappa shape index (κ2) is 7.07. The number of nitrogens with zero attached hydrogens (tertiary/aromatic N) is 3. The summed E-state index contributed by atoms with van der Waals surface area (Å²) in [5.41, 5.74) is 1.35. The van der Waals surface area contributed by atoms with Crippen molar-refractivity contribution in [1.29, 1.82) is 0 Å². The lowest BCUT2D eigenvalue weighted by Crippen LogP contribution is -2.17. The summed E-state index contributed by atoms with van der Waals surface area (Å²) in [7, 11) is 0. The molecule has 0 spiro atoms. The van der Waals surface area contributed by atoms with Crippen molar-refractivity contribution in [2.75, 3.05) is 0 Å². The van der Waals surface area contributed by atoms with Crippen molar-refractivity contribution < 1.29 is 9.53 Å². The minimum atomic E-state index is -0.485. The first kappa shape index (κ1) is 15.2. The predicted molar refractivity (Wildman–Crippen MR) is 86.1 cm³/mol. The fourth-order valence-corrected chi connectivity index (χ4v) is 2.28. The van der Waals surface area contributed by atoms with Crippen LogP contribution in [0.25, 0.3) is 0 Å². The van der Waals surface area contributed by atoms with Crippen molar-refractivity contribution in [2.45, 2.75) is 12.6 Å². The fourth-order valence-electron chi connectivity index (χ4n) is 2.16. The molecule has 0 amide bonds. The molecule has 1 atom stereocenters. The molecule has 1 heterocycles. The third-order valence-corrected chi connectivity index (χ3v) is 3.57. The van der Waals surface area contributed by atoms with Gasteiger partial charge in [-0.2, -0.15) is 5.10 Å². The molecule has 0 aliphatic heterocycles. The third kappa shape index (κ3) is 3.96. The smallest absolute Gasteiger partial charge is 0.338 e. The Kier molecular flexibility index (Phi) is 4.68. The first-order valence-corrected chi connectivity index (χ1v) is 7.44. The number of halogens is 1. The molecule has 3 rings (SSSR count). The highest BCUT2D eigenvalue weighted by Crippen LogP contribution is 2.23. The topological polar surface area (TPSA) is 57.0 Å². The maximum atomic E-state index is 12.3. The Balaban J connectivity index is 1.82. The van der Waals surface area contributed by atoms with E-state index in [4.69, 9.17) is 16.3 Å². The van der Waals surface area contributed by atoms with Crippen LogP contribution < -0.4 is 0 Å². The summed E-state index contributed by atoms with van der Waals surface area (Å²) in [4.78, 5) is 16.2. The molecule has 3 aromatic rings. The minimum Gasteiger partial charge on any atom is -0.452 e. The molecule has 0 N–H and O–H groups in total. The lowest BCUT2D eigenvalue weighted by molar-refractivity contribution is 0.0246. The summed E-state index contributed by atoms with van der Waals surface area (Å²) in [6.07, 6.45) is 2.54. The average molecular weight is 328 g/mol. The number of hydrogen-bond donors (Lipinski definition) is 0. The summed E-state index contributed by atoms with van der Waals surface area (Å²) < 4.78 is 7.29. The third-order valence-electron chi connectivity index (χ3n) is 3.32. The van der Waals surface area contributed by atoms with Gasteiger partial charge in [0.1, 0.15) is 18.8 Å². The molecule has 5 nitrogen and oxygen atoms in total. The first-order chi connectivity index (χ1) is 11.2. The maximum absolute atomic E-state index is 12.3. The summed E-state index contributed by atoms with van der Waals surface area (Å²) in [5.74, 6) is -0.384. The number of carbonyl (C=O) groups excluding carboxylic acids is 1. The molecule has 2 aromatic carbocycles. The summed E-state index contributed by atoms with van der Waals surface area (Å²) in [6, 6.07) is 16.1. The van der Waals surface area contributed by atoms with Crippen LogP contribution in [0.4, 0.5) is 0 Å². The van der Waals surface area contributed by atoms with Crippen LogP contribution in [0.15, 0.2) is 67.3 Å². The summed E-state index contributed by atoms with van der Waals surface area (Å²) >= 11 is 5.93. The van der Waals surface area contributed by atoms with Gasteiger partial charge in [-0.15, -0.1) is 0 Å². The number of ether oxygens (including phenoxy) is 1. The predicted octanol–water partition coefficient (Wildman–Crippen LogP) is 3.53. The van der Waals surface area contributed by atoms with E-state index < -0.39 is 6.10 Å². The molecular weight excluding hydrogens is 314 g/mol. The Hall–Kier alpha value is -2.66. The van der Waals surface area contributed by atoms with Crippen LogP contribution in [-0.2, 0) is 11.3 Å². The molecule has 1 aromatic heterocycles. The van der Waals surface area contributed by atoms with E-state index >= 15 is 0 Å². The maximum Gasteiger partial charge on any atom is 0.338 e. The highest BCUT2D eigenvalue weighted by molar-refractivity contribution is 6.30. The van der Waals surface area contributed by atoms with Gasteiger partial charge < -0.3 is 4.74 Å². The van der Waals surface area contributed by atoms with Crippen molar-refractivity contribution in [1.82, 2.24) is 14.8 Å². The van der Waals surface area contributed by atoms with Crippen LogP contribution in [0.2, 0.25) is 5.02 Å². The van der Waals surface area contributed by atoms with E-state index in [1.807, 2.05) is 18.2 Å². The molecule has 0 fully saturated rings. The van der Waals surface area contributed by atoms with Gasteiger partial charge in [0.2, 0.25) is 0 Å². The van der Waals surface area contributed by atoms with Crippen LogP contribution in [0, 0.1) is 0 Å². The number of benzene rings is 2. The van der Waals surface area contributed by atoms with Gasteiger partial charge in [-0.05, 0) is 29.8 Å². The van der Waals surface area contributed by atoms with Crippen molar-refractivity contribution in [3.63, 3.8) is 0 Å². The quantitative estimate of drug-likeness (QED) is 0.673. The van der Waals surface area contributed by atoms with E-state index in [0.717, 1.165) is 5.56 Å². The Labute approximate surface area is 138 Å². The molecule has 0 aliphatic rings. The van der Waals surface area contributed by atoms with E-state index in [0.29, 0.717) is 17.1 Å². The van der Waals surface area contributed by atoms with E-state index in [2.05, 4.69) is 10.1 Å². The van der Waals surface area contributed by atoms with Crippen LogP contribution >= 0.6 is 11.6 Å². The molecule has 0 saturated carbocycles. The van der Waals surface area contributed by atoms with Gasteiger partial charge in [0.05, 0.1) is 12.1 Å². The van der Waals surface area contributed by atoms with Gasteiger partial charge in [0.25, 0.3) is 0 Å². The molecule has 0 aliphatic carbocycles. The zero-order valence-corrected chi connectivity index (χ0v) is 12.9. The molecule has 0 saturated heterocycles. The highest BCUT2D eigenvalue weighted by Gasteiger charge is 2.19. The monoisotopic (exact) mass is 327 g/mol. The van der Waals surface area contributed by atoms with Gasteiger partial charge in [-0.3, -0.25) is 0 Å². The molecular formula is C17H14ClN3O2. The van der Waals surface area contributed by atoms with Gasteiger partial charge in [-0.1, -0.05) is 41.9 Å². The lowest BCUT2D eigenvalue weighted by atomic mass is 10.1. The molecule has 0 bridgehead atoms. The van der Waals surface area contributed by atoms with Crippen LogP contribution in [-0.4, -0.2) is 20.7 Å². The van der Waals surface area contributed by atoms with Gasteiger partial charge in [-0.25, -0.2) is 14.5 Å². The van der Waals surface area contributed by atoms with E-state index in [1.165, 1.54) is 6.33 Å². The molecule has 1 unspecified atom stereocenters. The van der Waals surface area contributed by atoms with Crippen LogP contribution in [0.5, 0.6) is 0 Å². The average Bonchev–Trinajstić information content (AvgIpc) is 3.09. The Bertz CT molecular complexity index is 758. The SMILES string of the molecule is O=C(OC(Cn1cncn1)c1ccc(Cl)cc1)c1ccccc1. The van der Waals surface area contributed by atoms with Crippen molar-refractivity contribution >= 4 is 17.6 Å². The molecule has 6 heteroatoms. The number of rotatable bonds is 5. The normalized spacial score (nSPS) is 11.9. The van der Waals surface area contributed by atoms with Crippen LogP contribution in [0.3, 0.4) is 0 Å². The summed E-state index contributed by atoms with van der Waals surface area (Å²) in [6.45, 7) is 0.375. The second-order valence-electron chi connectivity index (χ2n) is 4.93. The van der Waals surface area contributed by atoms with Crippen LogP contribution in [0.1, 0.15) is 22.0 Å². The van der Waals surface area contributed by atoms with E-state index in [9.17, 15) is 4.79 Å². The Morgan fingerprint density at radius 2 is 1.87 bits per heavy atom. The van der Waals surface area contributed by atoms with E-state index in [1.54, 1.807) is 47.4 Å². The Morgan fingerprint density at radius 1 is 1.13 bits per heavy atom. The number of hydrogen-bond acceptors (Lipinski definition) is 4. The zero-order chi connectivity index (χ0) is 16.1. The first-order valence-electron chi connectivity index (χ1n) is 7.06. The zero-order valence-electron chi connectivity index (χ0n) is 12.2. The lowest BCUT2D eigenvalue weighted by Gasteiger charge is -2.18. The van der Waals surface area contributed by atoms with Crippen molar-refractivity contribution in [2.24, 2.45) is 0 Å². The Morgan fingerprint density at radius 3 is 2.52 bits per heavy atom. The molecule has 116 valence electrons. The molecule has 0 radical (unpaired) electrons. The minimum absolute atomic E-state index is 0.375. The number of carbonyl (C=O) groups is 1. The highest BCUT2D eigenvalue weighted by atomic mass is 35.5. The van der Waals surface area contributed by atoms with Gasteiger partial charge in [0, 0.05) is 5.02 Å². The number of esters is 1. The number of aromatic nitrogens is 3. The standard InChI is InChI=1S/C17H14ClN3O2/c18-15-8-6-13(7-9-15)16(10-21-12-19-11-20-21)23-17(22)14-4-2-1-3-5-14/h1-9,11-12,16H,10H2. The largest absolute Gasteiger partial charge is 0.452 e. The van der Waals surface area contributed by atoms with Gasteiger partial charge in [0.15, 0.2) is 0 Å². The van der Waals surface area contributed by atoms with Crippen molar-refractivity contribution in [3.8, 4) is 0 Å². The van der Waals surface area contributed by atoms with E-state index in [-0.39, 0.29) is 5.97 Å². The van der Waals surface area contributed by atoms with Crippen molar-refractivity contribution in [3.05, 3.63) is 83.4 Å². The summed E-state index contributed by atoms with van der Waals surface area (Å²) in [5, 5.41) is 4.69.